The van der Waals surface area contributed by atoms with Crippen molar-refractivity contribution in [3.8, 4) is 5.69 Å². The van der Waals surface area contributed by atoms with Gasteiger partial charge in [0.05, 0.1) is 6.54 Å². The fraction of sp³-hybridized carbons (Fsp3) is 0.438. The zero-order valence-corrected chi connectivity index (χ0v) is 12.9. The van der Waals surface area contributed by atoms with Gasteiger partial charge in [-0.05, 0) is 30.9 Å². The number of aromatic nitrogens is 3. The van der Waals surface area contributed by atoms with E-state index in [1.807, 2.05) is 34.9 Å². The summed E-state index contributed by atoms with van der Waals surface area (Å²) in [7, 11) is 0. The van der Waals surface area contributed by atoms with Crippen LogP contribution in [0.2, 0.25) is 0 Å². The van der Waals surface area contributed by atoms with Crippen molar-refractivity contribution in [2.24, 2.45) is 5.92 Å². The zero-order valence-electron chi connectivity index (χ0n) is 12.9. The Bertz CT molecular complexity index is 643. The smallest absolute Gasteiger partial charge is 0.317 e. The maximum absolute atomic E-state index is 12.3. The third-order valence-electron chi connectivity index (χ3n) is 4.11. The summed E-state index contributed by atoms with van der Waals surface area (Å²) < 4.78 is 1.85. The summed E-state index contributed by atoms with van der Waals surface area (Å²) in [6.07, 6.45) is 3.54. The number of aliphatic hydroxyl groups excluding tert-OH is 1. The van der Waals surface area contributed by atoms with Gasteiger partial charge in [0.2, 0.25) is 0 Å². The van der Waals surface area contributed by atoms with Crippen LogP contribution in [-0.4, -0.2) is 50.5 Å². The quantitative estimate of drug-likeness (QED) is 0.887. The number of nitrogens with zero attached hydrogens (tertiary/aromatic N) is 4. The lowest BCUT2D eigenvalue weighted by atomic mass is 9.99. The van der Waals surface area contributed by atoms with Crippen molar-refractivity contribution >= 4 is 6.03 Å². The van der Waals surface area contributed by atoms with Crippen molar-refractivity contribution in [1.29, 1.82) is 0 Å². The van der Waals surface area contributed by atoms with E-state index in [2.05, 4.69) is 15.5 Å². The van der Waals surface area contributed by atoms with Crippen molar-refractivity contribution in [3.05, 3.63) is 42.5 Å². The number of carbonyl (C=O) groups excluding carboxylic acids is 1. The van der Waals surface area contributed by atoms with Crippen LogP contribution in [-0.2, 0) is 6.54 Å². The van der Waals surface area contributed by atoms with Crippen molar-refractivity contribution in [2.75, 3.05) is 19.7 Å². The standard InChI is InChI=1S/C16H21N5O2/c22-11-13-5-4-8-20(10-13)16(23)17-9-15-19-18-12-21(15)14-6-2-1-3-7-14/h1-3,6-7,12-13,22H,4-5,8-11H2,(H,17,23). The largest absolute Gasteiger partial charge is 0.396 e. The number of carbonyl (C=O) groups is 1. The van der Waals surface area contributed by atoms with Crippen LogP contribution in [0.15, 0.2) is 36.7 Å². The molecule has 2 N–H and O–H groups in total. The van der Waals surface area contributed by atoms with Gasteiger partial charge >= 0.3 is 6.03 Å². The molecule has 1 fully saturated rings. The summed E-state index contributed by atoms with van der Waals surface area (Å²) in [5.74, 6) is 0.864. The highest BCUT2D eigenvalue weighted by Crippen LogP contribution is 2.16. The predicted molar refractivity (Wildman–Crippen MR) is 85.0 cm³/mol. The van der Waals surface area contributed by atoms with Gasteiger partial charge in [0.25, 0.3) is 0 Å². The first-order valence-electron chi connectivity index (χ1n) is 7.86. The molecule has 1 aromatic heterocycles. The van der Waals surface area contributed by atoms with Crippen LogP contribution < -0.4 is 5.32 Å². The van der Waals surface area contributed by atoms with Gasteiger partial charge in [0, 0.05) is 25.4 Å². The number of urea groups is 1. The fourth-order valence-electron chi connectivity index (χ4n) is 2.85. The van der Waals surface area contributed by atoms with E-state index < -0.39 is 0 Å². The Balaban J connectivity index is 1.61. The molecule has 0 spiro atoms. The third kappa shape index (κ3) is 3.68. The molecule has 122 valence electrons. The van der Waals surface area contributed by atoms with Crippen LogP contribution in [0.1, 0.15) is 18.7 Å². The predicted octanol–water partition coefficient (Wildman–Crippen LogP) is 1.18. The van der Waals surface area contributed by atoms with Crippen molar-refractivity contribution < 1.29 is 9.90 Å². The van der Waals surface area contributed by atoms with Gasteiger partial charge in [-0.25, -0.2) is 4.79 Å². The number of para-hydroxylation sites is 1. The number of aliphatic hydroxyl groups is 1. The second-order valence-corrected chi connectivity index (χ2v) is 5.75. The van der Waals surface area contributed by atoms with E-state index in [-0.39, 0.29) is 18.6 Å². The molecule has 1 saturated heterocycles. The van der Waals surface area contributed by atoms with Crippen LogP contribution in [0.4, 0.5) is 4.79 Å². The first kappa shape index (κ1) is 15.5. The Morgan fingerprint density at radius 3 is 2.96 bits per heavy atom. The molecule has 0 radical (unpaired) electrons. The van der Waals surface area contributed by atoms with Gasteiger partial charge in [-0.1, -0.05) is 18.2 Å². The average molecular weight is 315 g/mol. The molecule has 2 amide bonds. The van der Waals surface area contributed by atoms with Crippen molar-refractivity contribution in [2.45, 2.75) is 19.4 Å². The lowest BCUT2D eigenvalue weighted by Gasteiger charge is -2.31. The molecular formula is C16H21N5O2. The highest BCUT2D eigenvalue weighted by Gasteiger charge is 2.23. The lowest BCUT2D eigenvalue weighted by molar-refractivity contribution is 0.129. The van der Waals surface area contributed by atoms with E-state index in [9.17, 15) is 9.90 Å². The number of piperidine rings is 1. The molecule has 0 bridgehead atoms. The second-order valence-electron chi connectivity index (χ2n) is 5.75. The summed E-state index contributed by atoms with van der Waals surface area (Å²) >= 11 is 0. The minimum Gasteiger partial charge on any atom is -0.396 e. The third-order valence-corrected chi connectivity index (χ3v) is 4.11. The maximum atomic E-state index is 12.3. The van der Waals surface area contributed by atoms with Gasteiger partial charge in [0.1, 0.15) is 6.33 Å². The average Bonchev–Trinajstić information content (AvgIpc) is 3.09. The van der Waals surface area contributed by atoms with Crippen LogP contribution in [0.3, 0.4) is 0 Å². The summed E-state index contributed by atoms with van der Waals surface area (Å²) in [5, 5.41) is 20.2. The van der Waals surface area contributed by atoms with Crippen LogP contribution in [0.5, 0.6) is 0 Å². The molecule has 0 aliphatic carbocycles. The number of hydrogen-bond acceptors (Lipinski definition) is 4. The lowest BCUT2D eigenvalue weighted by Crippen LogP contribution is -2.46. The Morgan fingerprint density at radius 2 is 2.17 bits per heavy atom. The number of rotatable bonds is 4. The minimum atomic E-state index is -0.120. The molecule has 2 heterocycles. The van der Waals surface area contributed by atoms with E-state index in [4.69, 9.17) is 0 Å². The molecule has 7 nitrogen and oxygen atoms in total. The number of amides is 2. The fourth-order valence-corrected chi connectivity index (χ4v) is 2.85. The van der Waals surface area contributed by atoms with E-state index >= 15 is 0 Å². The monoisotopic (exact) mass is 315 g/mol. The Hall–Kier alpha value is -2.41. The first-order valence-corrected chi connectivity index (χ1v) is 7.86. The number of likely N-dealkylation sites (tertiary alicyclic amines) is 1. The van der Waals surface area contributed by atoms with Gasteiger partial charge in [0.15, 0.2) is 5.82 Å². The van der Waals surface area contributed by atoms with Gasteiger partial charge in [-0.3, -0.25) is 4.57 Å². The summed E-state index contributed by atoms with van der Waals surface area (Å²) in [6.45, 7) is 1.78. The van der Waals surface area contributed by atoms with Gasteiger partial charge < -0.3 is 15.3 Å². The molecule has 1 aromatic carbocycles. The Morgan fingerprint density at radius 1 is 1.35 bits per heavy atom. The summed E-state index contributed by atoms with van der Waals surface area (Å²) in [6, 6.07) is 9.64. The molecule has 1 aliphatic heterocycles. The topological polar surface area (TPSA) is 83.3 Å². The van der Waals surface area contributed by atoms with Crippen LogP contribution >= 0.6 is 0 Å². The van der Waals surface area contributed by atoms with Crippen LogP contribution in [0, 0.1) is 5.92 Å². The normalized spacial score (nSPS) is 18.0. The van der Waals surface area contributed by atoms with E-state index in [0.717, 1.165) is 25.1 Å². The molecule has 1 aliphatic rings. The van der Waals surface area contributed by atoms with Crippen LogP contribution in [0.25, 0.3) is 5.69 Å². The summed E-state index contributed by atoms with van der Waals surface area (Å²) in [4.78, 5) is 14.0. The molecule has 7 heteroatoms. The Labute approximate surface area is 134 Å². The number of hydrogen-bond donors (Lipinski definition) is 2. The molecule has 1 unspecified atom stereocenters. The first-order chi connectivity index (χ1) is 11.3. The second kappa shape index (κ2) is 7.23. The van der Waals surface area contributed by atoms with Gasteiger partial charge in [-0.15, -0.1) is 10.2 Å². The molecule has 0 saturated carbocycles. The van der Waals surface area contributed by atoms with Crippen molar-refractivity contribution in [3.63, 3.8) is 0 Å². The molecule has 23 heavy (non-hydrogen) atoms. The highest BCUT2D eigenvalue weighted by molar-refractivity contribution is 5.74. The number of nitrogens with one attached hydrogen (secondary N) is 1. The SMILES string of the molecule is O=C(NCc1nncn1-c1ccccc1)N1CCCC(CO)C1. The van der Waals surface area contributed by atoms with Crippen molar-refractivity contribution in [1.82, 2.24) is 25.0 Å². The summed E-state index contributed by atoms with van der Waals surface area (Å²) in [5.41, 5.74) is 0.958. The van der Waals surface area contributed by atoms with E-state index in [1.165, 1.54) is 0 Å². The number of benzene rings is 1. The molecular weight excluding hydrogens is 294 g/mol. The minimum absolute atomic E-state index is 0.120. The highest BCUT2D eigenvalue weighted by atomic mass is 16.3. The maximum Gasteiger partial charge on any atom is 0.317 e. The van der Waals surface area contributed by atoms with E-state index in [1.54, 1.807) is 11.2 Å². The molecule has 3 rings (SSSR count). The zero-order chi connectivity index (χ0) is 16.1. The van der Waals surface area contributed by atoms with Gasteiger partial charge in [-0.2, -0.15) is 0 Å². The molecule has 2 aromatic rings. The Kier molecular flexibility index (Phi) is 4.87. The molecule has 1 atom stereocenters. The van der Waals surface area contributed by atoms with E-state index in [0.29, 0.717) is 18.9 Å².